The number of nitrogens with zero attached hydrogens (tertiary/aromatic N) is 1. The maximum atomic E-state index is 2.22. The molecule has 0 N–H and O–H groups in total. The van der Waals surface area contributed by atoms with Crippen molar-refractivity contribution in [1.29, 1.82) is 0 Å². The highest BCUT2D eigenvalue weighted by atomic mass is 32.2. The van der Waals surface area contributed by atoms with Crippen LogP contribution in [0.2, 0.25) is 0 Å². The summed E-state index contributed by atoms with van der Waals surface area (Å²) in [5, 5.41) is 0. The van der Waals surface area contributed by atoms with E-state index in [4.69, 9.17) is 0 Å². The molecule has 0 spiro atoms. The van der Waals surface area contributed by atoms with Crippen molar-refractivity contribution in [3.05, 3.63) is 11.3 Å². The van der Waals surface area contributed by atoms with Gasteiger partial charge in [-0.2, -0.15) is 0 Å². The molecule has 0 aromatic rings. The second-order valence-electron chi connectivity index (χ2n) is 2.48. The molecule has 0 aliphatic carbocycles. The maximum Gasteiger partial charge on any atom is 0.0221 e. The zero-order chi connectivity index (χ0) is 8.15. The molecule has 0 aliphatic rings. The smallest absolute Gasteiger partial charge is 0.0221 e. The molecule has 0 aliphatic heterocycles. The SMILES string of the molecule is CCC(=C(C)C)N(C)SC. The first-order valence-electron chi connectivity index (χ1n) is 3.57. The molecule has 0 atom stereocenters. The van der Waals surface area contributed by atoms with Gasteiger partial charge in [0.1, 0.15) is 0 Å². The first-order valence-corrected chi connectivity index (χ1v) is 4.75. The summed E-state index contributed by atoms with van der Waals surface area (Å²) in [5.74, 6) is 0. The topological polar surface area (TPSA) is 3.24 Å². The Bertz CT molecular complexity index is 125. The Kier molecular flexibility index (Phi) is 4.62. The molecule has 0 unspecified atom stereocenters. The Morgan fingerprint density at radius 1 is 1.40 bits per heavy atom. The Labute approximate surface area is 68.6 Å². The standard InChI is InChI=1S/C8H17NS/c1-6-8(7(2)3)9(4)10-5/h6H2,1-5H3. The third-order valence-electron chi connectivity index (χ3n) is 1.57. The number of allylic oxidation sites excluding steroid dienone is 2. The average Bonchev–Trinajstić information content (AvgIpc) is 1.88. The molecule has 1 nitrogen and oxygen atoms in total. The van der Waals surface area contributed by atoms with Crippen molar-refractivity contribution in [2.75, 3.05) is 13.3 Å². The summed E-state index contributed by atoms with van der Waals surface area (Å²) in [6.07, 6.45) is 3.22. The van der Waals surface area contributed by atoms with Gasteiger partial charge < -0.3 is 4.31 Å². The predicted octanol–water partition coefficient (Wildman–Crippen LogP) is 2.90. The van der Waals surface area contributed by atoms with Crippen LogP contribution < -0.4 is 0 Å². The first kappa shape index (κ1) is 9.89. The van der Waals surface area contributed by atoms with Crippen LogP contribution in [0.5, 0.6) is 0 Å². The van der Waals surface area contributed by atoms with E-state index in [9.17, 15) is 0 Å². The quantitative estimate of drug-likeness (QED) is 0.582. The minimum Gasteiger partial charge on any atom is -0.323 e. The molecule has 10 heavy (non-hydrogen) atoms. The van der Waals surface area contributed by atoms with Crippen molar-refractivity contribution in [3.63, 3.8) is 0 Å². The second kappa shape index (κ2) is 4.67. The fourth-order valence-electron chi connectivity index (χ4n) is 1.00. The minimum atomic E-state index is 1.12. The van der Waals surface area contributed by atoms with Crippen LogP contribution in [0.15, 0.2) is 11.3 Å². The molecule has 0 bridgehead atoms. The summed E-state index contributed by atoms with van der Waals surface area (Å²) in [7, 11) is 2.11. The summed E-state index contributed by atoms with van der Waals surface area (Å²) in [6, 6.07) is 0. The van der Waals surface area contributed by atoms with Crippen molar-refractivity contribution in [2.45, 2.75) is 27.2 Å². The molecular formula is C8H17NS. The third kappa shape index (κ3) is 2.65. The molecule has 0 saturated heterocycles. The summed E-state index contributed by atoms with van der Waals surface area (Å²) < 4.78 is 2.22. The summed E-state index contributed by atoms with van der Waals surface area (Å²) >= 11 is 1.76. The Hall–Kier alpha value is -0.110. The number of rotatable bonds is 3. The van der Waals surface area contributed by atoms with Gasteiger partial charge in [-0.25, -0.2) is 0 Å². The van der Waals surface area contributed by atoms with Crippen LogP contribution in [0, 0.1) is 0 Å². The fraction of sp³-hybridized carbons (Fsp3) is 0.750. The maximum absolute atomic E-state index is 2.22. The third-order valence-corrected chi connectivity index (χ3v) is 2.33. The zero-order valence-electron chi connectivity index (χ0n) is 7.56. The van der Waals surface area contributed by atoms with E-state index in [0.717, 1.165) is 6.42 Å². The normalized spacial score (nSPS) is 9.30. The monoisotopic (exact) mass is 159 g/mol. The lowest BCUT2D eigenvalue weighted by Crippen LogP contribution is -2.08. The van der Waals surface area contributed by atoms with E-state index in [2.05, 4.69) is 38.4 Å². The van der Waals surface area contributed by atoms with Crippen molar-refractivity contribution >= 4 is 11.9 Å². The van der Waals surface area contributed by atoms with Gasteiger partial charge in [0, 0.05) is 19.0 Å². The second-order valence-corrected chi connectivity index (χ2v) is 3.39. The zero-order valence-corrected chi connectivity index (χ0v) is 8.38. The van der Waals surface area contributed by atoms with E-state index in [1.54, 1.807) is 11.9 Å². The van der Waals surface area contributed by atoms with Gasteiger partial charge in [-0.3, -0.25) is 0 Å². The molecule has 0 amide bonds. The molecule has 0 radical (unpaired) electrons. The highest BCUT2D eigenvalue weighted by Gasteiger charge is 2.00. The van der Waals surface area contributed by atoms with Crippen LogP contribution in [0.1, 0.15) is 27.2 Å². The minimum absolute atomic E-state index is 1.12. The average molecular weight is 159 g/mol. The summed E-state index contributed by atoms with van der Waals surface area (Å²) in [4.78, 5) is 0. The van der Waals surface area contributed by atoms with Crippen LogP contribution in [0.4, 0.5) is 0 Å². The predicted molar refractivity (Wildman–Crippen MR) is 49.9 cm³/mol. The highest BCUT2D eigenvalue weighted by Crippen LogP contribution is 2.17. The molecule has 0 heterocycles. The molecule has 0 aromatic heterocycles. The van der Waals surface area contributed by atoms with Crippen molar-refractivity contribution < 1.29 is 0 Å². The largest absolute Gasteiger partial charge is 0.323 e. The van der Waals surface area contributed by atoms with E-state index in [-0.39, 0.29) is 0 Å². The van der Waals surface area contributed by atoms with Gasteiger partial charge in [0.15, 0.2) is 0 Å². The van der Waals surface area contributed by atoms with Crippen LogP contribution in [-0.2, 0) is 0 Å². The Balaban J connectivity index is 4.21. The van der Waals surface area contributed by atoms with Gasteiger partial charge in [0.25, 0.3) is 0 Å². The number of hydrogen-bond acceptors (Lipinski definition) is 2. The van der Waals surface area contributed by atoms with Crippen LogP contribution in [-0.4, -0.2) is 17.6 Å². The van der Waals surface area contributed by atoms with Crippen LogP contribution >= 0.6 is 11.9 Å². The summed E-state index contributed by atoms with van der Waals surface area (Å²) in [6.45, 7) is 6.51. The lowest BCUT2D eigenvalue weighted by molar-refractivity contribution is 0.656. The van der Waals surface area contributed by atoms with E-state index in [1.165, 1.54) is 11.3 Å². The lowest BCUT2D eigenvalue weighted by Gasteiger charge is -2.19. The van der Waals surface area contributed by atoms with E-state index in [1.807, 2.05) is 0 Å². The fourth-order valence-corrected chi connectivity index (χ4v) is 1.53. The molecule has 0 aromatic carbocycles. The molecule has 0 saturated carbocycles. The van der Waals surface area contributed by atoms with Gasteiger partial charge in [-0.1, -0.05) is 24.4 Å². The van der Waals surface area contributed by atoms with Gasteiger partial charge in [-0.05, 0) is 20.3 Å². The van der Waals surface area contributed by atoms with Gasteiger partial charge in [-0.15, -0.1) is 0 Å². The van der Waals surface area contributed by atoms with Crippen LogP contribution in [0.25, 0.3) is 0 Å². The van der Waals surface area contributed by atoms with Crippen molar-refractivity contribution in [3.8, 4) is 0 Å². The molecular weight excluding hydrogens is 142 g/mol. The Morgan fingerprint density at radius 3 is 2.00 bits per heavy atom. The Morgan fingerprint density at radius 2 is 1.90 bits per heavy atom. The molecule has 0 fully saturated rings. The molecule has 60 valence electrons. The first-order chi connectivity index (χ1) is 4.63. The molecule has 0 rings (SSSR count). The van der Waals surface area contributed by atoms with Crippen molar-refractivity contribution in [1.82, 2.24) is 4.31 Å². The molecule has 2 heteroatoms. The van der Waals surface area contributed by atoms with E-state index >= 15 is 0 Å². The van der Waals surface area contributed by atoms with E-state index in [0.29, 0.717) is 0 Å². The lowest BCUT2D eigenvalue weighted by atomic mass is 10.2. The van der Waals surface area contributed by atoms with Crippen LogP contribution in [0.3, 0.4) is 0 Å². The van der Waals surface area contributed by atoms with Gasteiger partial charge in [0.2, 0.25) is 0 Å². The van der Waals surface area contributed by atoms with Gasteiger partial charge >= 0.3 is 0 Å². The van der Waals surface area contributed by atoms with Gasteiger partial charge in [0.05, 0.1) is 0 Å². The van der Waals surface area contributed by atoms with E-state index < -0.39 is 0 Å². The van der Waals surface area contributed by atoms with Crippen molar-refractivity contribution in [2.24, 2.45) is 0 Å². The summed E-state index contributed by atoms with van der Waals surface area (Å²) in [5.41, 5.74) is 2.85. The number of hydrogen-bond donors (Lipinski definition) is 0. The highest BCUT2D eigenvalue weighted by molar-refractivity contribution is 7.96.